The Bertz CT molecular complexity index is 1580. The Morgan fingerprint density at radius 2 is 1.71 bits per heavy atom. The summed E-state index contributed by atoms with van der Waals surface area (Å²) in [6, 6.07) is 14.6. The number of carbonyl (C=O) groups excluding carboxylic acids is 4. The Morgan fingerprint density at radius 3 is 2.40 bits per heavy atom. The summed E-state index contributed by atoms with van der Waals surface area (Å²) < 4.78 is 16.3. The highest BCUT2D eigenvalue weighted by Crippen LogP contribution is 2.39. The molecular formula is C29H23Cl3N2O7S. The maximum Gasteiger partial charge on any atom is 0.339 e. The van der Waals surface area contributed by atoms with Crippen LogP contribution in [0.3, 0.4) is 0 Å². The Balaban J connectivity index is 1.47. The predicted molar refractivity (Wildman–Crippen MR) is 163 cm³/mol. The monoisotopic (exact) mass is 648 g/mol. The Kier molecular flexibility index (Phi) is 10.4. The molecule has 3 amide bonds. The lowest BCUT2D eigenvalue weighted by molar-refractivity contribution is -0.127. The number of esters is 1. The van der Waals surface area contributed by atoms with Crippen LogP contribution in [0.5, 0.6) is 11.5 Å². The molecule has 3 aromatic carbocycles. The van der Waals surface area contributed by atoms with Gasteiger partial charge in [-0.25, -0.2) is 4.79 Å². The first-order chi connectivity index (χ1) is 20.1. The Hall–Kier alpha value is -3.70. The molecule has 1 heterocycles. The molecule has 13 heteroatoms. The van der Waals surface area contributed by atoms with Crippen LogP contribution in [0.4, 0.5) is 10.5 Å². The molecule has 0 aliphatic carbocycles. The van der Waals surface area contributed by atoms with Crippen molar-refractivity contribution in [1.29, 1.82) is 0 Å². The highest BCUT2D eigenvalue weighted by Gasteiger charge is 2.36. The minimum Gasteiger partial charge on any atom is -0.490 e. The third-order valence-corrected chi connectivity index (χ3v) is 7.53. The largest absolute Gasteiger partial charge is 0.490 e. The number of thioether (sulfide) groups is 1. The van der Waals surface area contributed by atoms with Gasteiger partial charge in [0.05, 0.1) is 34.2 Å². The van der Waals surface area contributed by atoms with Gasteiger partial charge in [-0.3, -0.25) is 19.3 Å². The summed E-state index contributed by atoms with van der Waals surface area (Å²) in [5.41, 5.74) is 1.66. The van der Waals surface area contributed by atoms with Crippen LogP contribution in [0.25, 0.3) is 6.08 Å². The third kappa shape index (κ3) is 7.57. The van der Waals surface area contributed by atoms with E-state index < -0.39 is 29.6 Å². The lowest BCUT2D eigenvalue weighted by atomic mass is 10.1. The molecule has 0 saturated carbocycles. The lowest BCUT2D eigenvalue weighted by Crippen LogP contribution is -2.36. The van der Waals surface area contributed by atoms with Gasteiger partial charge in [0.1, 0.15) is 13.2 Å². The Morgan fingerprint density at radius 1 is 0.976 bits per heavy atom. The summed E-state index contributed by atoms with van der Waals surface area (Å²) >= 11 is 19.2. The maximum atomic E-state index is 13.0. The zero-order valence-electron chi connectivity index (χ0n) is 22.2. The molecular weight excluding hydrogens is 627 g/mol. The molecule has 1 N–H and O–H groups in total. The van der Waals surface area contributed by atoms with E-state index in [9.17, 15) is 19.2 Å². The lowest BCUT2D eigenvalue weighted by Gasteiger charge is -2.15. The number of amides is 3. The van der Waals surface area contributed by atoms with Crippen molar-refractivity contribution in [3.8, 4) is 11.5 Å². The summed E-state index contributed by atoms with van der Waals surface area (Å²) in [7, 11) is 1.20. The second-order valence-corrected chi connectivity index (χ2v) is 10.9. The maximum absolute atomic E-state index is 13.0. The highest BCUT2D eigenvalue weighted by atomic mass is 35.5. The first kappa shape index (κ1) is 31.2. The van der Waals surface area contributed by atoms with Gasteiger partial charge in [0.15, 0.2) is 11.5 Å². The van der Waals surface area contributed by atoms with Gasteiger partial charge >= 0.3 is 5.97 Å². The van der Waals surface area contributed by atoms with Crippen LogP contribution in [0, 0.1) is 0 Å². The number of methoxy groups -OCH3 is 1. The van der Waals surface area contributed by atoms with Gasteiger partial charge in [-0.15, -0.1) is 0 Å². The minimum absolute atomic E-state index is 0.0533. The number of imide groups is 1. The zero-order valence-corrected chi connectivity index (χ0v) is 25.3. The second kappa shape index (κ2) is 14.0. The smallest absolute Gasteiger partial charge is 0.339 e. The number of benzene rings is 3. The fraction of sp³-hybridized carbons (Fsp3) is 0.172. The van der Waals surface area contributed by atoms with Gasteiger partial charge in [0.2, 0.25) is 5.91 Å². The van der Waals surface area contributed by atoms with Gasteiger partial charge in [-0.2, -0.15) is 0 Å². The molecule has 1 fully saturated rings. The first-order valence-corrected chi connectivity index (χ1v) is 14.3. The molecule has 0 aromatic heterocycles. The van der Waals surface area contributed by atoms with E-state index in [4.69, 9.17) is 44.3 Å². The van der Waals surface area contributed by atoms with Crippen LogP contribution < -0.4 is 14.8 Å². The molecule has 0 spiro atoms. The van der Waals surface area contributed by atoms with Crippen LogP contribution in [0.1, 0.15) is 28.4 Å². The van der Waals surface area contributed by atoms with Crippen molar-refractivity contribution in [1.82, 2.24) is 4.90 Å². The van der Waals surface area contributed by atoms with Crippen molar-refractivity contribution in [2.75, 3.05) is 25.6 Å². The normalized spacial score (nSPS) is 13.8. The van der Waals surface area contributed by atoms with Gasteiger partial charge < -0.3 is 19.5 Å². The number of hydrogen-bond donors (Lipinski definition) is 1. The molecule has 1 aliphatic rings. The van der Waals surface area contributed by atoms with E-state index in [1.165, 1.54) is 31.4 Å². The van der Waals surface area contributed by atoms with E-state index in [1.807, 2.05) is 12.1 Å². The van der Waals surface area contributed by atoms with Gasteiger partial charge in [-0.05, 0) is 78.4 Å². The summed E-state index contributed by atoms with van der Waals surface area (Å²) in [6.07, 6.45) is 1.49. The van der Waals surface area contributed by atoms with Gasteiger partial charge in [0.25, 0.3) is 11.1 Å². The summed E-state index contributed by atoms with van der Waals surface area (Å²) in [6.45, 7) is 1.82. The van der Waals surface area contributed by atoms with E-state index in [-0.39, 0.29) is 32.8 Å². The number of hydrogen-bond acceptors (Lipinski definition) is 8. The van der Waals surface area contributed by atoms with Gasteiger partial charge in [-0.1, -0.05) is 46.9 Å². The van der Waals surface area contributed by atoms with Crippen LogP contribution in [-0.4, -0.2) is 48.2 Å². The minimum atomic E-state index is -0.680. The molecule has 0 bridgehead atoms. The van der Waals surface area contributed by atoms with Crippen molar-refractivity contribution < 1.29 is 33.4 Å². The fourth-order valence-electron chi connectivity index (χ4n) is 3.81. The van der Waals surface area contributed by atoms with E-state index in [2.05, 4.69) is 10.1 Å². The van der Waals surface area contributed by atoms with Gasteiger partial charge in [0, 0.05) is 10.7 Å². The van der Waals surface area contributed by atoms with Crippen LogP contribution >= 0.6 is 46.6 Å². The number of anilines is 1. The average Bonchev–Trinajstić information content (AvgIpc) is 3.21. The second-order valence-electron chi connectivity index (χ2n) is 8.68. The third-order valence-electron chi connectivity index (χ3n) is 5.76. The standard InChI is InChI=1S/C29H23Cl3N2O7S/c1-3-40-23-11-17(10-22(32)26(23)41-15-16-4-6-18(30)7-5-16)12-24-27(36)34(29(38)42-24)14-25(35)33-19-8-9-21(31)20(13-19)28(37)39-2/h4-13H,3,14-15H2,1-2H3,(H,33,35)/b24-12+. The SMILES string of the molecule is CCOc1cc(/C=C2/SC(=O)N(CC(=O)Nc3ccc(Cl)c(C(=O)OC)c3)C2=O)cc(Cl)c1OCc1ccc(Cl)cc1. The molecule has 218 valence electrons. The number of rotatable bonds is 10. The van der Waals surface area contributed by atoms with Crippen LogP contribution in [0.2, 0.25) is 15.1 Å². The number of ether oxygens (including phenoxy) is 3. The summed E-state index contributed by atoms with van der Waals surface area (Å²) in [5, 5.41) is 2.93. The predicted octanol–water partition coefficient (Wildman–Crippen LogP) is 7.09. The summed E-state index contributed by atoms with van der Waals surface area (Å²) in [4.78, 5) is 51.1. The molecule has 4 rings (SSSR count). The molecule has 0 radical (unpaired) electrons. The first-order valence-electron chi connectivity index (χ1n) is 12.4. The van der Waals surface area contributed by atoms with Crippen LogP contribution in [-0.2, 0) is 20.9 Å². The molecule has 42 heavy (non-hydrogen) atoms. The molecule has 0 atom stereocenters. The number of nitrogens with one attached hydrogen (secondary N) is 1. The van der Waals surface area contributed by atoms with Crippen molar-refractivity contribution in [3.63, 3.8) is 0 Å². The number of halogens is 3. The van der Waals surface area contributed by atoms with Crippen LogP contribution in [0.15, 0.2) is 59.5 Å². The van der Waals surface area contributed by atoms with Crippen molar-refractivity contribution in [2.24, 2.45) is 0 Å². The molecule has 1 saturated heterocycles. The molecule has 3 aromatic rings. The van der Waals surface area contributed by atoms with Crippen molar-refractivity contribution >= 4 is 81.4 Å². The number of nitrogens with zero attached hydrogens (tertiary/aromatic N) is 1. The summed E-state index contributed by atoms with van der Waals surface area (Å²) in [5.74, 6) is -1.30. The zero-order chi connectivity index (χ0) is 30.4. The van der Waals surface area contributed by atoms with Crippen molar-refractivity contribution in [2.45, 2.75) is 13.5 Å². The van der Waals surface area contributed by atoms with E-state index in [0.717, 1.165) is 10.5 Å². The fourth-order valence-corrected chi connectivity index (χ4v) is 5.24. The molecule has 9 nitrogen and oxygen atoms in total. The Labute approximate surface area is 260 Å². The quantitative estimate of drug-likeness (QED) is 0.183. The van der Waals surface area contributed by atoms with E-state index >= 15 is 0 Å². The highest BCUT2D eigenvalue weighted by molar-refractivity contribution is 8.18. The topological polar surface area (TPSA) is 111 Å². The van der Waals surface area contributed by atoms with E-state index in [0.29, 0.717) is 40.5 Å². The molecule has 1 aliphatic heterocycles. The van der Waals surface area contributed by atoms with Crippen molar-refractivity contribution in [3.05, 3.63) is 91.3 Å². The average molecular weight is 650 g/mol. The number of carbonyl (C=O) groups is 4. The molecule has 0 unspecified atom stereocenters. The van der Waals surface area contributed by atoms with E-state index in [1.54, 1.807) is 31.2 Å².